The fraction of sp³-hybridized carbons (Fsp3) is 0.773. The highest BCUT2D eigenvalue weighted by Gasteiger charge is 2.69. The lowest BCUT2D eigenvalue weighted by Crippen LogP contribution is -2.65. The van der Waals surface area contributed by atoms with Crippen LogP contribution in [0.4, 0.5) is 4.39 Å². The zero-order valence-electron chi connectivity index (χ0n) is 32.4. The van der Waals surface area contributed by atoms with Crippen LogP contribution in [0.1, 0.15) is 154 Å². The lowest BCUT2D eigenvalue weighted by Gasteiger charge is -2.72. The first-order chi connectivity index (χ1) is 23.7. The first-order valence-electron chi connectivity index (χ1n) is 20.4. The minimum Gasteiger partial charge on any atom is -0.478 e. The maximum atomic E-state index is 15.4. The van der Waals surface area contributed by atoms with Crippen molar-refractivity contribution in [2.45, 2.75) is 138 Å². The third-order valence-electron chi connectivity index (χ3n) is 16.1. The van der Waals surface area contributed by atoms with E-state index in [0.717, 1.165) is 69.3 Å². The van der Waals surface area contributed by atoms with E-state index in [-0.39, 0.29) is 16.4 Å². The van der Waals surface area contributed by atoms with E-state index in [1.54, 1.807) is 12.1 Å². The van der Waals surface area contributed by atoms with Crippen LogP contribution in [0.25, 0.3) is 5.57 Å². The van der Waals surface area contributed by atoms with Gasteiger partial charge in [-0.2, -0.15) is 0 Å². The highest BCUT2D eigenvalue weighted by molar-refractivity contribution is 5.88. The van der Waals surface area contributed by atoms with Gasteiger partial charge in [0.2, 0.25) is 5.91 Å². The van der Waals surface area contributed by atoms with Crippen molar-refractivity contribution < 1.29 is 19.1 Å². The monoisotopic (exact) mass is 691 g/mol. The summed E-state index contributed by atoms with van der Waals surface area (Å²) in [5, 5.41) is 13.3. The molecule has 1 aromatic rings. The summed E-state index contributed by atoms with van der Waals surface area (Å²) in [6, 6.07) is 4.46. The van der Waals surface area contributed by atoms with E-state index in [0.29, 0.717) is 39.6 Å². The molecule has 0 bridgehead atoms. The van der Waals surface area contributed by atoms with E-state index in [4.69, 9.17) is 0 Å². The second-order valence-electron chi connectivity index (χ2n) is 18.8. The molecular weight excluding hydrogens is 623 g/mol. The second kappa shape index (κ2) is 14.0. The standard InChI is InChI=1S/C41H59FN2O3.C3H8/c1-37(2)29(28-12-11-27(36(46)47)25-32(28)42)15-18-38(3)33(37)16-19-40(5)34(38)14-13-30-31-9-6-17-41(31,21-20-39(30,40)4)26-43-22-8-24-44-23-7-10-35(44)45;1-3-2/h11-12,15,25,30-31,33-34,43H,6-10,13-14,16-24,26H2,1-5H3,(H,46,47);3H2,1-2H3/t30?,31?,33?,34?,38-,39+,40+,41?;/m0./s1. The molecule has 5 aliphatic carbocycles. The van der Waals surface area contributed by atoms with E-state index in [1.807, 2.05) is 0 Å². The molecule has 50 heavy (non-hydrogen) atoms. The van der Waals surface area contributed by atoms with Gasteiger partial charge in [-0.15, -0.1) is 0 Å². The number of amides is 1. The van der Waals surface area contributed by atoms with Crippen LogP contribution in [-0.2, 0) is 4.79 Å². The van der Waals surface area contributed by atoms with Crippen LogP contribution in [-0.4, -0.2) is 48.1 Å². The summed E-state index contributed by atoms with van der Waals surface area (Å²) in [6.45, 7) is 20.9. The Morgan fingerprint density at radius 2 is 1.70 bits per heavy atom. The SMILES string of the molecule is CC1(C)C(c2ccc(C(=O)O)cc2F)=CC[C@@]2(C)C1CC[C@]1(C)C2CCC2C3CCCC3(CNCCCN3CCCC3=O)CC[C@]21C.CCC. The number of benzene rings is 1. The summed E-state index contributed by atoms with van der Waals surface area (Å²) in [6.07, 6.45) is 19.2. The molecule has 8 atom stereocenters. The average molecular weight is 691 g/mol. The summed E-state index contributed by atoms with van der Waals surface area (Å²) in [7, 11) is 0. The number of hydrogen-bond donors (Lipinski definition) is 2. The molecule has 0 aromatic heterocycles. The number of carbonyl (C=O) groups excluding carboxylic acids is 1. The van der Waals surface area contributed by atoms with Crippen molar-refractivity contribution in [1.29, 1.82) is 0 Å². The van der Waals surface area contributed by atoms with E-state index >= 15 is 4.39 Å². The Hall–Kier alpha value is -2.21. The Bertz CT molecular complexity index is 1470. The Morgan fingerprint density at radius 3 is 2.38 bits per heavy atom. The summed E-state index contributed by atoms with van der Waals surface area (Å²) in [5.74, 6) is 1.54. The average Bonchev–Trinajstić information content (AvgIpc) is 3.67. The molecule has 5 nitrogen and oxygen atoms in total. The second-order valence-corrected chi connectivity index (χ2v) is 18.8. The molecule has 1 saturated heterocycles. The van der Waals surface area contributed by atoms with Crippen molar-refractivity contribution in [3.8, 4) is 0 Å². The van der Waals surface area contributed by atoms with Crippen LogP contribution in [0.5, 0.6) is 0 Å². The van der Waals surface area contributed by atoms with Gasteiger partial charge in [0, 0.05) is 31.6 Å². The number of nitrogens with one attached hydrogen (secondary N) is 1. The molecule has 7 rings (SSSR count). The number of carboxylic acids is 1. The number of likely N-dealkylation sites (tertiary alicyclic amines) is 1. The maximum absolute atomic E-state index is 15.4. The van der Waals surface area contributed by atoms with E-state index < -0.39 is 11.8 Å². The number of aromatic carboxylic acids is 1. The number of allylic oxidation sites excluding steroid dienone is 2. The minimum atomic E-state index is -1.09. The largest absolute Gasteiger partial charge is 0.478 e. The van der Waals surface area contributed by atoms with Gasteiger partial charge in [-0.3, -0.25) is 4.79 Å². The lowest BCUT2D eigenvalue weighted by atomic mass is 9.32. The Labute approximate surface area is 302 Å². The molecule has 5 fully saturated rings. The molecule has 1 aromatic carbocycles. The molecule has 0 spiro atoms. The highest BCUT2D eigenvalue weighted by Crippen LogP contribution is 2.77. The fourth-order valence-electron chi connectivity index (χ4n) is 13.6. The summed E-state index contributed by atoms with van der Waals surface area (Å²) in [5.41, 5.74) is 2.68. The molecule has 1 amide bonds. The molecular formula is C44H67FN2O3. The van der Waals surface area contributed by atoms with Gasteiger partial charge in [-0.1, -0.05) is 73.5 Å². The molecule has 0 radical (unpaired) electrons. The van der Waals surface area contributed by atoms with Gasteiger partial charge < -0.3 is 15.3 Å². The van der Waals surface area contributed by atoms with Gasteiger partial charge in [-0.05, 0) is 146 Å². The quantitative estimate of drug-likeness (QED) is 0.267. The van der Waals surface area contributed by atoms with Gasteiger partial charge in [0.25, 0.3) is 0 Å². The molecule has 6 aliphatic rings. The molecule has 4 saturated carbocycles. The van der Waals surface area contributed by atoms with Crippen LogP contribution in [0, 0.1) is 56.6 Å². The van der Waals surface area contributed by atoms with Gasteiger partial charge in [0.1, 0.15) is 5.82 Å². The number of carboxylic acid groups (broad SMARTS) is 1. The van der Waals surface area contributed by atoms with Crippen LogP contribution >= 0.6 is 0 Å². The Morgan fingerprint density at radius 1 is 0.940 bits per heavy atom. The number of carbonyl (C=O) groups is 2. The molecule has 6 heteroatoms. The summed E-state index contributed by atoms with van der Waals surface area (Å²) >= 11 is 0. The molecule has 1 heterocycles. The minimum absolute atomic E-state index is 0.00787. The summed E-state index contributed by atoms with van der Waals surface area (Å²) in [4.78, 5) is 25.6. The number of fused-ring (bicyclic) bond motifs is 7. The lowest BCUT2D eigenvalue weighted by molar-refractivity contribution is -0.222. The normalized spacial score (nSPS) is 38.6. The number of rotatable bonds is 8. The summed E-state index contributed by atoms with van der Waals surface area (Å²) < 4.78 is 15.4. The van der Waals surface area contributed by atoms with Crippen molar-refractivity contribution in [1.82, 2.24) is 10.2 Å². The zero-order valence-corrected chi connectivity index (χ0v) is 32.4. The Balaban J connectivity index is 0.00000139. The van der Waals surface area contributed by atoms with Crippen LogP contribution in [0.15, 0.2) is 24.3 Å². The van der Waals surface area contributed by atoms with E-state index in [9.17, 15) is 14.7 Å². The van der Waals surface area contributed by atoms with Gasteiger partial charge >= 0.3 is 5.97 Å². The molecule has 5 unspecified atom stereocenters. The highest BCUT2D eigenvalue weighted by atomic mass is 19.1. The Kier molecular flexibility index (Phi) is 10.5. The van der Waals surface area contributed by atoms with Crippen LogP contribution in [0.3, 0.4) is 0 Å². The third-order valence-corrected chi connectivity index (χ3v) is 16.1. The topological polar surface area (TPSA) is 69.6 Å². The predicted molar refractivity (Wildman–Crippen MR) is 201 cm³/mol. The van der Waals surface area contributed by atoms with Crippen molar-refractivity contribution in [3.05, 3.63) is 41.2 Å². The van der Waals surface area contributed by atoms with Gasteiger partial charge in [0.15, 0.2) is 0 Å². The number of nitrogens with zero attached hydrogens (tertiary/aromatic N) is 1. The zero-order chi connectivity index (χ0) is 36.1. The molecule has 1 aliphatic heterocycles. The fourth-order valence-corrected chi connectivity index (χ4v) is 13.6. The maximum Gasteiger partial charge on any atom is 0.335 e. The van der Waals surface area contributed by atoms with Gasteiger partial charge in [0.05, 0.1) is 5.56 Å². The van der Waals surface area contributed by atoms with Crippen molar-refractivity contribution >= 4 is 17.4 Å². The smallest absolute Gasteiger partial charge is 0.335 e. The van der Waals surface area contributed by atoms with Crippen molar-refractivity contribution in [2.24, 2.45) is 50.7 Å². The van der Waals surface area contributed by atoms with Crippen molar-refractivity contribution in [3.63, 3.8) is 0 Å². The van der Waals surface area contributed by atoms with E-state index in [2.05, 4.69) is 64.8 Å². The van der Waals surface area contributed by atoms with Crippen LogP contribution in [0.2, 0.25) is 0 Å². The molecule has 2 N–H and O–H groups in total. The predicted octanol–water partition coefficient (Wildman–Crippen LogP) is 10.4. The first-order valence-corrected chi connectivity index (χ1v) is 20.4. The van der Waals surface area contributed by atoms with Gasteiger partial charge in [-0.25, -0.2) is 9.18 Å². The molecule has 278 valence electrons. The number of hydrogen-bond acceptors (Lipinski definition) is 3. The van der Waals surface area contributed by atoms with E-state index in [1.165, 1.54) is 70.3 Å². The first kappa shape index (κ1) is 37.5. The van der Waals surface area contributed by atoms with Crippen molar-refractivity contribution in [2.75, 3.05) is 26.2 Å². The number of halogens is 1. The van der Waals surface area contributed by atoms with Crippen LogP contribution < -0.4 is 5.32 Å². The third kappa shape index (κ3) is 5.99.